The van der Waals surface area contributed by atoms with Crippen LogP contribution < -0.4 is 0 Å². The Morgan fingerprint density at radius 2 is 1.84 bits per heavy atom. The van der Waals surface area contributed by atoms with Gasteiger partial charge >= 0.3 is 0 Å². The largest absolute Gasteiger partial charge is 0.393 e. The number of ketones is 1. The molecule has 5 fully saturated rings. The molecule has 140 valence electrons. The zero-order valence-electron chi connectivity index (χ0n) is 15.7. The van der Waals surface area contributed by atoms with Gasteiger partial charge in [0.05, 0.1) is 11.7 Å². The molecule has 0 amide bonds. The molecule has 2 N–H and O–H groups in total. The minimum absolute atomic E-state index is 0.107. The molecule has 0 aromatic rings. The molecule has 4 aliphatic carbocycles. The standard InChI is InChI=1S/C21H33NO3/c1-19-7-6-16-14(15(19)3-4-18(19)24)11-17(22-9-10-22)21(25)12-13(23)5-8-20(16,21)2/h13-17,23,25H,3-12H2,1-2H3/t13-,14-,15-,16-,17-,19-,20+,21-/m0/s1. The highest BCUT2D eigenvalue weighted by atomic mass is 16.3. The smallest absolute Gasteiger partial charge is 0.139 e. The lowest BCUT2D eigenvalue weighted by Crippen LogP contribution is -2.70. The molecule has 0 aromatic heterocycles. The summed E-state index contributed by atoms with van der Waals surface area (Å²) in [6, 6.07) is 0.173. The van der Waals surface area contributed by atoms with E-state index in [4.69, 9.17) is 0 Å². The Bertz CT molecular complexity index is 604. The lowest BCUT2D eigenvalue weighted by Gasteiger charge is -2.66. The molecule has 25 heavy (non-hydrogen) atoms. The van der Waals surface area contributed by atoms with Gasteiger partial charge < -0.3 is 10.2 Å². The monoisotopic (exact) mass is 347 g/mol. The van der Waals surface area contributed by atoms with Crippen LogP contribution in [0.25, 0.3) is 0 Å². The molecule has 0 aromatic carbocycles. The van der Waals surface area contributed by atoms with Crippen LogP contribution in [0, 0.1) is 28.6 Å². The average Bonchev–Trinajstić information content (AvgIpc) is 3.34. The lowest BCUT2D eigenvalue weighted by molar-refractivity contribution is -0.239. The highest BCUT2D eigenvalue weighted by molar-refractivity contribution is 5.87. The number of aliphatic hydroxyl groups is 2. The van der Waals surface area contributed by atoms with Crippen LogP contribution in [0.4, 0.5) is 0 Å². The first kappa shape index (κ1) is 16.7. The van der Waals surface area contributed by atoms with Gasteiger partial charge in [-0.05, 0) is 56.3 Å². The summed E-state index contributed by atoms with van der Waals surface area (Å²) in [7, 11) is 0. The second-order valence-electron chi connectivity index (χ2n) is 10.3. The third kappa shape index (κ3) is 2.02. The predicted molar refractivity (Wildman–Crippen MR) is 94.9 cm³/mol. The second kappa shape index (κ2) is 5.08. The molecular weight excluding hydrogens is 314 g/mol. The first-order valence-electron chi connectivity index (χ1n) is 10.5. The molecule has 0 radical (unpaired) electrons. The van der Waals surface area contributed by atoms with Crippen molar-refractivity contribution in [3.63, 3.8) is 0 Å². The molecule has 4 saturated carbocycles. The third-order valence-corrected chi connectivity index (χ3v) is 9.47. The molecule has 0 unspecified atom stereocenters. The van der Waals surface area contributed by atoms with Crippen LogP contribution in [0.5, 0.6) is 0 Å². The Labute approximate surface area is 151 Å². The fourth-order valence-electron chi connectivity index (χ4n) is 7.85. The van der Waals surface area contributed by atoms with Crippen molar-refractivity contribution < 1.29 is 15.0 Å². The normalized spacial score (nSPS) is 58.4. The van der Waals surface area contributed by atoms with E-state index in [-0.39, 0.29) is 23.0 Å². The van der Waals surface area contributed by atoms with Gasteiger partial charge in [-0.2, -0.15) is 0 Å². The summed E-state index contributed by atoms with van der Waals surface area (Å²) in [5.41, 5.74) is -0.987. The average molecular weight is 347 g/mol. The van der Waals surface area contributed by atoms with E-state index in [1.165, 1.54) is 0 Å². The van der Waals surface area contributed by atoms with Crippen molar-refractivity contribution in [2.45, 2.75) is 83.0 Å². The topological polar surface area (TPSA) is 60.5 Å². The summed E-state index contributed by atoms with van der Waals surface area (Å²) in [5.74, 6) is 2.07. The molecule has 4 heteroatoms. The molecule has 0 spiro atoms. The van der Waals surface area contributed by atoms with E-state index in [0.717, 1.165) is 58.0 Å². The van der Waals surface area contributed by atoms with Crippen LogP contribution >= 0.6 is 0 Å². The number of hydrogen-bond donors (Lipinski definition) is 2. The van der Waals surface area contributed by atoms with Crippen LogP contribution in [-0.2, 0) is 4.79 Å². The second-order valence-corrected chi connectivity index (χ2v) is 10.3. The van der Waals surface area contributed by atoms with Gasteiger partial charge in [0.25, 0.3) is 0 Å². The lowest BCUT2D eigenvalue weighted by atomic mass is 9.42. The fraction of sp³-hybridized carbons (Fsp3) is 0.952. The van der Waals surface area contributed by atoms with Gasteiger partial charge in [-0.25, -0.2) is 0 Å². The Balaban J connectivity index is 1.56. The minimum Gasteiger partial charge on any atom is -0.393 e. The molecule has 1 saturated heterocycles. The summed E-state index contributed by atoms with van der Waals surface area (Å²) in [6.45, 7) is 6.70. The Morgan fingerprint density at radius 3 is 2.56 bits per heavy atom. The van der Waals surface area contributed by atoms with Gasteiger partial charge in [0.2, 0.25) is 0 Å². The maximum absolute atomic E-state index is 12.6. The van der Waals surface area contributed by atoms with Crippen LogP contribution in [-0.4, -0.2) is 51.7 Å². The van der Waals surface area contributed by atoms with Gasteiger partial charge in [-0.1, -0.05) is 13.8 Å². The van der Waals surface area contributed by atoms with E-state index in [1.807, 2.05) is 0 Å². The van der Waals surface area contributed by atoms with Crippen molar-refractivity contribution in [1.29, 1.82) is 0 Å². The van der Waals surface area contributed by atoms with E-state index < -0.39 is 5.60 Å². The summed E-state index contributed by atoms with van der Waals surface area (Å²) in [5, 5.41) is 22.3. The summed E-state index contributed by atoms with van der Waals surface area (Å²) >= 11 is 0. The summed E-state index contributed by atoms with van der Waals surface area (Å²) < 4.78 is 0. The zero-order valence-corrected chi connectivity index (χ0v) is 15.7. The highest BCUT2D eigenvalue weighted by Gasteiger charge is 2.68. The van der Waals surface area contributed by atoms with Crippen molar-refractivity contribution in [3.8, 4) is 0 Å². The van der Waals surface area contributed by atoms with E-state index >= 15 is 0 Å². The molecule has 0 bridgehead atoms. The number of aliphatic hydroxyl groups excluding tert-OH is 1. The van der Waals surface area contributed by atoms with Gasteiger partial charge in [0.15, 0.2) is 0 Å². The predicted octanol–water partition coefficient (Wildman–Crippen LogP) is 2.37. The fourth-order valence-corrected chi connectivity index (χ4v) is 7.85. The van der Waals surface area contributed by atoms with Crippen molar-refractivity contribution >= 4 is 5.78 Å². The SMILES string of the molecule is C[C@]12CC[C@H]3[C@@H](C[C@H](N4CC4)[C@@]4(O)C[C@@H](O)CC[C@]34C)[C@@H]1CCC2=O. The van der Waals surface area contributed by atoms with Gasteiger partial charge in [0.1, 0.15) is 5.78 Å². The maximum Gasteiger partial charge on any atom is 0.139 e. The number of carbonyl (C=O) groups excluding carboxylic acids is 1. The number of nitrogens with zero attached hydrogens (tertiary/aromatic N) is 1. The number of fused-ring (bicyclic) bond motifs is 5. The number of hydrogen-bond acceptors (Lipinski definition) is 4. The maximum atomic E-state index is 12.6. The summed E-state index contributed by atoms with van der Waals surface area (Å²) in [4.78, 5) is 15.0. The highest BCUT2D eigenvalue weighted by Crippen LogP contribution is 2.67. The van der Waals surface area contributed by atoms with Gasteiger partial charge in [-0.3, -0.25) is 9.69 Å². The van der Waals surface area contributed by atoms with Crippen LogP contribution in [0.1, 0.15) is 65.2 Å². The molecular formula is C21H33NO3. The molecule has 5 rings (SSSR count). The Kier molecular flexibility index (Phi) is 3.39. The third-order valence-electron chi connectivity index (χ3n) is 9.47. The summed E-state index contributed by atoms with van der Waals surface area (Å²) in [6.07, 6.45) is 6.83. The van der Waals surface area contributed by atoms with Crippen LogP contribution in [0.2, 0.25) is 0 Å². The molecule has 4 nitrogen and oxygen atoms in total. The minimum atomic E-state index is -0.765. The number of Topliss-reactive ketones (excluding diaryl/α,β-unsaturated/α-hetero) is 1. The Hall–Kier alpha value is -0.450. The van der Waals surface area contributed by atoms with Crippen LogP contribution in [0.3, 0.4) is 0 Å². The quantitative estimate of drug-likeness (QED) is 0.715. The van der Waals surface area contributed by atoms with Crippen molar-refractivity contribution in [2.75, 3.05) is 13.1 Å². The van der Waals surface area contributed by atoms with E-state index in [1.54, 1.807) is 0 Å². The van der Waals surface area contributed by atoms with Crippen LogP contribution in [0.15, 0.2) is 0 Å². The first-order chi connectivity index (χ1) is 11.8. The van der Waals surface area contributed by atoms with Crippen molar-refractivity contribution in [2.24, 2.45) is 28.6 Å². The van der Waals surface area contributed by atoms with E-state index in [9.17, 15) is 15.0 Å². The van der Waals surface area contributed by atoms with Crippen molar-refractivity contribution in [3.05, 3.63) is 0 Å². The zero-order chi connectivity index (χ0) is 17.6. The van der Waals surface area contributed by atoms with E-state index in [0.29, 0.717) is 30.0 Å². The number of rotatable bonds is 1. The first-order valence-corrected chi connectivity index (χ1v) is 10.5. The van der Waals surface area contributed by atoms with Crippen molar-refractivity contribution in [1.82, 2.24) is 4.90 Å². The molecule has 1 heterocycles. The molecule has 8 atom stereocenters. The van der Waals surface area contributed by atoms with Gasteiger partial charge in [0, 0.05) is 42.8 Å². The number of carbonyl (C=O) groups is 1. The van der Waals surface area contributed by atoms with E-state index in [2.05, 4.69) is 18.7 Å². The Morgan fingerprint density at radius 1 is 1.08 bits per heavy atom. The van der Waals surface area contributed by atoms with Gasteiger partial charge in [-0.15, -0.1) is 0 Å². The molecule has 1 aliphatic heterocycles. The molecule has 5 aliphatic rings.